The molecule has 4 heteroatoms. The number of rotatable bonds is 4. The fraction of sp³-hybridized carbons (Fsp3) is 0.231. The van der Waals surface area contributed by atoms with E-state index >= 15 is 0 Å². The third-order valence-electron chi connectivity index (χ3n) is 2.59. The van der Waals surface area contributed by atoms with Gasteiger partial charge in [0.05, 0.1) is 7.11 Å². The van der Waals surface area contributed by atoms with E-state index < -0.39 is 0 Å². The van der Waals surface area contributed by atoms with E-state index in [9.17, 15) is 0 Å². The molecular formula is C13H14BrNOS. The molecule has 1 aromatic heterocycles. The largest absolute Gasteiger partial charge is 0.496 e. The van der Waals surface area contributed by atoms with Crippen LogP contribution in [0.5, 0.6) is 5.75 Å². The van der Waals surface area contributed by atoms with Crippen LogP contribution >= 0.6 is 27.3 Å². The maximum Gasteiger partial charge on any atom is 0.129 e. The highest BCUT2D eigenvalue weighted by atomic mass is 79.9. The average molecular weight is 312 g/mol. The van der Waals surface area contributed by atoms with Crippen molar-refractivity contribution in [1.82, 2.24) is 0 Å². The van der Waals surface area contributed by atoms with Crippen molar-refractivity contribution in [2.24, 2.45) is 5.73 Å². The molecule has 90 valence electrons. The van der Waals surface area contributed by atoms with Crippen molar-refractivity contribution in [2.75, 3.05) is 7.11 Å². The van der Waals surface area contributed by atoms with Crippen LogP contribution < -0.4 is 10.5 Å². The zero-order valence-corrected chi connectivity index (χ0v) is 11.9. The Hall–Kier alpha value is -0.840. The minimum atomic E-state index is 0.0163. The number of nitrogens with two attached hydrogens (primary N) is 1. The van der Waals surface area contributed by atoms with Gasteiger partial charge in [-0.05, 0) is 24.1 Å². The van der Waals surface area contributed by atoms with Gasteiger partial charge in [-0.3, -0.25) is 0 Å². The number of halogens is 1. The second-order valence-electron chi connectivity index (χ2n) is 3.79. The van der Waals surface area contributed by atoms with Crippen LogP contribution in [0.3, 0.4) is 0 Å². The molecule has 2 rings (SSSR count). The van der Waals surface area contributed by atoms with Gasteiger partial charge in [0.25, 0.3) is 0 Å². The smallest absolute Gasteiger partial charge is 0.129 e. The fourth-order valence-corrected chi connectivity index (χ4v) is 2.94. The SMILES string of the molecule is COc1csc(C(N)Cc2ccccc2Br)c1. The van der Waals surface area contributed by atoms with E-state index in [0.29, 0.717) is 0 Å². The molecule has 2 N–H and O–H groups in total. The molecule has 1 unspecified atom stereocenters. The van der Waals surface area contributed by atoms with Crippen molar-refractivity contribution in [1.29, 1.82) is 0 Å². The second kappa shape index (κ2) is 5.67. The Morgan fingerprint density at radius 1 is 1.41 bits per heavy atom. The molecule has 1 aromatic carbocycles. The van der Waals surface area contributed by atoms with Gasteiger partial charge in [0.1, 0.15) is 5.75 Å². The molecule has 0 saturated carbocycles. The van der Waals surface area contributed by atoms with Crippen LogP contribution in [0.15, 0.2) is 40.2 Å². The first-order valence-corrected chi connectivity index (χ1v) is 6.99. The van der Waals surface area contributed by atoms with E-state index in [-0.39, 0.29) is 6.04 Å². The number of ether oxygens (including phenoxy) is 1. The second-order valence-corrected chi connectivity index (χ2v) is 5.59. The lowest BCUT2D eigenvalue weighted by Crippen LogP contribution is -2.12. The van der Waals surface area contributed by atoms with Gasteiger partial charge in [-0.15, -0.1) is 11.3 Å². The van der Waals surface area contributed by atoms with Gasteiger partial charge in [-0.1, -0.05) is 34.1 Å². The number of hydrogen-bond acceptors (Lipinski definition) is 3. The lowest BCUT2D eigenvalue weighted by molar-refractivity contribution is 0.416. The molecule has 0 radical (unpaired) electrons. The Morgan fingerprint density at radius 2 is 2.18 bits per heavy atom. The zero-order chi connectivity index (χ0) is 12.3. The molecule has 0 spiro atoms. The van der Waals surface area contributed by atoms with Crippen molar-refractivity contribution in [3.8, 4) is 5.75 Å². The molecule has 0 aliphatic heterocycles. The summed E-state index contributed by atoms with van der Waals surface area (Å²) in [6, 6.07) is 10.2. The summed E-state index contributed by atoms with van der Waals surface area (Å²) in [7, 11) is 1.67. The number of benzene rings is 1. The number of hydrogen-bond donors (Lipinski definition) is 1. The molecule has 0 bridgehead atoms. The van der Waals surface area contributed by atoms with Gasteiger partial charge in [0, 0.05) is 20.8 Å². The summed E-state index contributed by atoms with van der Waals surface area (Å²) >= 11 is 5.18. The molecule has 1 heterocycles. The van der Waals surface area contributed by atoms with Crippen molar-refractivity contribution in [3.63, 3.8) is 0 Å². The molecule has 1 atom stereocenters. The Morgan fingerprint density at radius 3 is 2.82 bits per heavy atom. The highest BCUT2D eigenvalue weighted by Gasteiger charge is 2.11. The topological polar surface area (TPSA) is 35.2 Å². The summed E-state index contributed by atoms with van der Waals surface area (Å²) < 4.78 is 6.27. The van der Waals surface area contributed by atoms with E-state index in [1.807, 2.05) is 29.6 Å². The van der Waals surface area contributed by atoms with Gasteiger partial charge in [0.2, 0.25) is 0 Å². The van der Waals surface area contributed by atoms with Crippen molar-refractivity contribution < 1.29 is 4.74 Å². The predicted octanol–water partition coefficient (Wildman–Crippen LogP) is 3.76. The summed E-state index contributed by atoms with van der Waals surface area (Å²) in [6.07, 6.45) is 0.824. The van der Waals surface area contributed by atoms with Crippen molar-refractivity contribution >= 4 is 27.3 Å². The molecule has 2 aromatic rings. The summed E-state index contributed by atoms with van der Waals surface area (Å²) in [5, 5.41) is 1.98. The molecule has 0 amide bonds. The first-order chi connectivity index (χ1) is 8.20. The number of methoxy groups -OCH3 is 1. The minimum Gasteiger partial charge on any atom is -0.496 e. The first-order valence-electron chi connectivity index (χ1n) is 5.32. The molecular weight excluding hydrogens is 298 g/mol. The van der Waals surface area contributed by atoms with Crippen LogP contribution in [0.2, 0.25) is 0 Å². The lowest BCUT2D eigenvalue weighted by Gasteiger charge is -2.10. The van der Waals surface area contributed by atoms with Gasteiger partial charge >= 0.3 is 0 Å². The summed E-state index contributed by atoms with van der Waals surface area (Å²) in [5.41, 5.74) is 7.43. The Kier molecular flexibility index (Phi) is 4.20. The maximum atomic E-state index is 6.20. The van der Waals surface area contributed by atoms with Crippen LogP contribution in [0, 0.1) is 0 Å². The van der Waals surface area contributed by atoms with E-state index in [0.717, 1.165) is 21.5 Å². The average Bonchev–Trinajstić information content (AvgIpc) is 2.81. The minimum absolute atomic E-state index is 0.0163. The summed E-state index contributed by atoms with van der Waals surface area (Å²) in [5.74, 6) is 0.882. The molecule has 0 saturated heterocycles. The first kappa shape index (κ1) is 12.6. The Bertz CT molecular complexity index is 498. The van der Waals surface area contributed by atoms with Gasteiger partial charge in [-0.2, -0.15) is 0 Å². The van der Waals surface area contributed by atoms with Gasteiger partial charge in [0.15, 0.2) is 0 Å². The molecule has 0 aliphatic carbocycles. The quantitative estimate of drug-likeness (QED) is 0.933. The van der Waals surface area contributed by atoms with E-state index in [1.165, 1.54) is 5.56 Å². The van der Waals surface area contributed by atoms with Gasteiger partial charge < -0.3 is 10.5 Å². The summed E-state index contributed by atoms with van der Waals surface area (Å²) in [4.78, 5) is 1.15. The Labute approximate surface area is 114 Å². The van der Waals surface area contributed by atoms with Crippen LogP contribution in [-0.2, 0) is 6.42 Å². The predicted molar refractivity (Wildman–Crippen MR) is 75.6 cm³/mol. The number of thiophene rings is 1. The fourth-order valence-electron chi connectivity index (χ4n) is 1.64. The highest BCUT2D eigenvalue weighted by Crippen LogP contribution is 2.29. The van der Waals surface area contributed by atoms with E-state index in [4.69, 9.17) is 10.5 Å². The zero-order valence-electron chi connectivity index (χ0n) is 9.52. The third-order valence-corrected chi connectivity index (χ3v) is 4.41. The van der Waals surface area contributed by atoms with E-state index in [1.54, 1.807) is 18.4 Å². The molecule has 0 aliphatic rings. The normalized spacial score (nSPS) is 12.4. The standard InChI is InChI=1S/C13H14BrNOS/c1-16-10-7-13(17-8-10)12(15)6-9-4-2-3-5-11(9)14/h2-5,7-8,12H,6,15H2,1H3. The monoisotopic (exact) mass is 311 g/mol. The molecule has 17 heavy (non-hydrogen) atoms. The third kappa shape index (κ3) is 3.09. The summed E-state index contributed by atoms with van der Waals surface area (Å²) in [6.45, 7) is 0. The molecule has 0 fully saturated rings. The van der Waals surface area contributed by atoms with Gasteiger partial charge in [-0.25, -0.2) is 0 Å². The van der Waals surface area contributed by atoms with Crippen LogP contribution in [0.4, 0.5) is 0 Å². The van der Waals surface area contributed by atoms with E-state index in [2.05, 4.69) is 22.0 Å². The Balaban J connectivity index is 2.11. The van der Waals surface area contributed by atoms with Crippen LogP contribution in [-0.4, -0.2) is 7.11 Å². The molecule has 2 nitrogen and oxygen atoms in total. The lowest BCUT2D eigenvalue weighted by atomic mass is 10.1. The van der Waals surface area contributed by atoms with Crippen molar-refractivity contribution in [3.05, 3.63) is 50.6 Å². The highest BCUT2D eigenvalue weighted by molar-refractivity contribution is 9.10. The van der Waals surface area contributed by atoms with Crippen LogP contribution in [0.25, 0.3) is 0 Å². The maximum absolute atomic E-state index is 6.20. The van der Waals surface area contributed by atoms with Crippen molar-refractivity contribution in [2.45, 2.75) is 12.5 Å². The van der Waals surface area contributed by atoms with Crippen LogP contribution in [0.1, 0.15) is 16.5 Å².